The molecule has 2 rings (SSSR count). The maximum absolute atomic E-state index is 5.95. The molecule has 20 heavy (non-hydrogen) atoms. The summed E-state index contributed by atoms with van der Waals surface area (Å²) in [5.41, 5.74) is 2.28. The first-order valence-corrected chi connectivity index (χ1v) is 7.44. The molecule has 0 radical (unpaired) electrons. The molecule has 0 saturated carbocycles. The molecule has 0 spiro atoms. The van der Waals surface area contributed by atoms with Crippen molar-refractivity contribution in [3.63, 3.8) is 0 Å². The number of nitrogens with one attached hydrogen (secondary N) is 1. The number of fused-ring (bicyclic) bond motifs is 1. The fourth-order valence-electron chi connectivity index (χ4n) is 2.77. The molecular formula is C17H24N2O. The molecule has 3 nitrogen and oxygen atoms in total. The topological polar surface area (TPSA) is 34.1 Å². The lowest BCUT2D eigenvalue weighted by molar-refractivity contribution is 0.0298. The summed E-state index contributed by atoms with van der Waals surface area (Å²) in [5, 5.41) is 4.59. The van der Waals surface area contributed by atoms with Gasteiger partial charge in [-0.2, -0.15) is 0 Å². The summed E-state index contributed by atoms with van der Waals surface area (Å²) in [5.74, 6) is 0. The Morgan fingerprint density at radius 3 is 2.70 bits per heavy atom. The highest BCUT2D eigenvalue weighted by Gasteiger charge is 2.23. The molecule has 1 N–H and O–H groups in total. The van der Waals surface area contributed by atoms with E-state index in [0.29, 0.717) is 0 Å². The maximum Gasteiger partial charge on any atom is 0.0770 e. The van der Waals surface area contributed by atoms with Crippen LogP contribution in [0.4, 0.5) is 0 Å². The largest absolute Gasteiger partial charge is 0.377 e. The van der Waals surface area contributed by atoms with Gasteiger partial charge in [0, 0.05) is 18.2 Å². The number of hydrogen-bond acceptors (Lipinski definition) is 3. The van der Waals surface area contributed by atoms with Crippen LogP contribution in [-0.2, 0) is 4.74 Å². The highest BCUT2D eigenvalue weighted by atomic mass is 16.5. The van der Waals surface area contributed by atoms with Gasteiger partial charge in [0.15, 0.2) is 0 Å². The van der Waals surface area contributed by atoms with Gasteiger partial charge < -0.3 is 10.1 Å². The van der Waals surface area contributed by atoms with Gasteiger partial charge in [-0.05, 0) is 32.0 Å². The molecule has 0 amide bonds. The van der Waals surface area contributed by atoms with E-state index in [1.165, 1.54) is 10.9 Å². The number of pyridine rings is 1. The van der Waals surface area contributed by atoms with Crippen molar-refractivity contribution in [2.45, 2.75) is 38.8 Å². The predicted octanol–water partition coefficient (Wildman–Crippen LogP) is 3.70. The molecule has 1 aromatic heterocycles. The van der Waals surface area contributed by atoms with Crippen molar-refractivity contribution in [2.75, 3.05) is 13.7 Å². The normalized spacial score (nSPS) is 14.3. The van der Waals surface area contributed by atoms with Crippen LogP contribution >= 0.6 is 0 Å². The number of para-hydroxylation sites is 1. The van der Waals surface area contributed by atoms with Crippen LogP contribution in [0, 0.1) is 0 Å². The summed E-state index contributed by atoms with van der Waals surface area (Å²) in [6, 6.07) is 10.6. The van der Waals surface area contributed by atoms with Crippen molar-refractivity contribution < 1.29 is 4.74 Å². The summed E-state index contributed by atoms with van der Waals surface area (Å²) in [6.45, 7) is 4.98. The van der Waals surface area contributed by atoms with E-state index in [4.69, 9.17) is 4.74 Å². The van der Waals surface area contributed by atoms with E-state index >= 15 is 0 Å². The van der Waals surface area contributed by atoms with E-state index in [0.717, 1.165) is 25.0 Å². The first kappa shape index (κ1) is 14.9. The van der Waals surface area contributed by atoms with E-state index in [9.17, 15) is 0 Å². The van der Waals surface area contributed by atoms with Crippen LogP contribution in [0.15, 0.2) is 36.5 Å². The minimum Gasteiger partial charge on any atom is -0.377 e. The molecule has 2 unspecified atom stereocenters. The SMILES string of the molecule is CCCC(OCC)C(NC)c1cccc2cccnc12. The standard InChI is InChI=1S/C17H24N2O/c1-4-8-15(20-5-2)17(18-3)14-11-6-9-13-10-7-12-19-16(13)14/h6-7,9-12,15,17-18H,4-5,8H2,1-3H3. The van der Waals surface area contributed by atoms with Gasteiger partial charge in [-0.1, -0.05) is 37.6 Å². The molecule has 108 valence electrons. The second-order valence-corrected chi connectivity index (χ2v) is 4.97. The lowest BCUT2D eigenvalue weighted by atomic mass is 9.96. The van der Waals surface area contributed by atoms with Crippen LogP contribution in [0.1, 0.15) is 38.3 Å². The first-order chi connectivity index (χ1) is 9.81. The van der Waals surface area contributed by atoms with E-state index < -0.39 is 0 Å². The van der Waals surface area contributed by atoms with Gasteiger partial charge in [0.1, 0.15) is 0 Å². The molecule has 0 bridgehead atoms. The molecule has 3 heteroatoms. The van der Waals surface area contributed by atoms with Crippen molar-refractivity contribution in [2.24, 2.45) is 0 Å². The fourth-order valence-corrected chi connectivity index (χ4v) is 2.77. The molecule has 0 fully saturated rings. The Labute approximate surface area is 121 Å². The predicted molar refractivity (Wildman–Crippen MR) is 83.9 cm³/mol. The van der Waals surface area contributed by atoms with Gasteiger partial charge >= 0.3 is 0 Å². The zero-order valence-corrected chi connectivity index (χ0v) is 12.6. The van der Waals surface area contributed by atoms with Crippen molar-refractivity contribution in [3.05, 3.63) is 42.1 Å². The molecule has 0 aliphatic heterocycles. The lowest BCUT2D eigenvalue weighted by Crippen LogP contribution is -2.32. The number of ether oxygens (including phenoxy) is 1. The average molecular weight is 272 g/mol. The Morgan fingerprint density at radius 1 is 1.20 bits per heavy atom. The molecule has 1 heterocycles. The number of rotatable bonds is 7. The summed E-state index contributed by atoms with van der Waals surface area (Å²) in [4.78, 5) is 4.56. The monoisotopic (exact) mass is 272 g/mol. The van der Waals surface area contributed by atoms with Crippen molar-refractivity contribution in [3.8, 4) is 0 Å². The smallest absolute Gasteiger partial charge is 0.0770 e. The third-order valence-electron chi connectivity index (χ3n) is 3.64. The molecule has 2 atom stereocenters. The number of likely N-dealkylation sites (N-methyl/N-ethyl adjacent to an activating group) is 1. The second kappa shape index (κ2) is 7.36. The molecule has 1 aromatic carbocycles. The maximum atomic E-state index is 5.95. The third-order valence-corrected chi connectivity index (χ3v) is 3.64. The third kappa shape index (κ3) is 3.17. The van der Waals surface area contributed by atoms with Crippen molar-refractivity contribution in [1.29, 1.82) is 0 Å². The number of nitrogens with zero attached hydrogens (tertiary/aromatic N) is 1. The number of aromatic nitrogens is 1. The van der Waals surface area contributed by atoms with Gasteiger partial charge in [0.05, 0.1) is 17.7 Å². The Balaban J connectivity index is 2.42. The Morgan fingerprint density at radius 2 is 2.00 bits per heavy atom. The zero-order valence-electron chi connectivity index (χ0n) is 12.6. The number of benzene rings is 1. The Hall–Kier alpha value is -1.45. The van der Waals surface area contributed by atoms with Crippen LogP contribution in [0.2, 0.25) is 0 Å². The van der Waals surface area contributed by atoms with Gasteiger partial charge in [-0.15, -0.1) is 0 Å². The minimum atomic E-state index is 0.175. The summed E-state index contributed by atoms with van der Waals surface area (Å²) in [7, 11) is 1.99. The Bertz CT molecular complexity index is 530. The molecule has 2 aromatic rings. The van der Waals surface area contributed by atoms with Gasteiger partial charge in [-0.3, -0.25) is 4.98 Å². The first-order valence-electron chi connectivity index (χ1n) is 7.44. The highest BCUT2D eigenvalue weighted by molar-refractivity contribution is 5.82. The summed E-state index contributed by atoms with van der Waals surface area (Å²) < 4.78 is 5.95. The van der Waals surface area contributed by atoms with Gasteiger partial charge in [0.25, 0.3) is 0 Å². The van der Waals surface area contributed by atoms with Crippen molar-refractivity contribution >= 4 is 10.9 Å². The molecule has 0 saturated heterocycles. The fraction of sp³-hybridized carbons (Fsp3) is 0.471. The summed E-state index contributed by atoms with van der Waals surface area (Å²) >= 11 is 0. The van der Waals surface area contributed by atoms with Crippen molar-refractivity contribution in [1.82, 2.24) is 10.3 Å². The minimum absolute atomic E-state index is 0.175. The van der Waals surface area contributed by atoms with Crippen LogP contribution in [-0.4, -0.2) is 24.7 Å². The zero-order chi connectivity index (χ0) is 14.4. The van der Waals surface area contributed by atoms with E-state index in [-0.39, 0.29) is 12.1 Å². The Kier molecular flexibility index (Phi) is 5.50. The molecule has 0 aliphatic rings. The molecule has 0 aliphatic carbocycles. The van der Waals surface area contributed by atoms with Crippen LogP contribution < -0.4 is 5.32 Å². The average Bonchev–Trinajstić information content (AvgIpc) is 2.49. The second-order valence-electron chi connectivity index (χ2n) is 4.97. The van der Waals surface area contributed by atoms with E-state index in [1.807, 2.05) is 19.3 Å². The van der Waals surface area contributed by atoms with Crippen LogP contribution in [0.25, 0.3) is 10.9 Å². The molecular weight excluding hydrogens is 248 g/mol. The van der Waals surface area contributed by atoms with Crippen LogP contribution in [0.5, 0.6) is 0 Å². The van der Waals surface area contributed by atoms with Crippen LogP contribution in [0.3, 0.4) is 0 Å². The highest BCUT2D eigenvalue weighted by Crippen LogP contribution is 2.27. The summed E-state index contributed by atoms with van der Waals surface area (Å²) in [6.07, 6.45) is 4.19. The quantitative estimate of drug-likeness (QED) is 0.834. The number of hydrogen-bond donors (Lipinski definition) is 1. The van der Waals surface area contributed by atoms with Gasteiger partial charge in [-0.25, -0.2) is 0 Å². The van der Waals surface area contributed by atoms with E-state index in [2.05, 4.69) is 48.4 Å². The van der Waals surface area contributed by atoms with E-state index in [1.54, 1.807) is 0 Å². The lowest BCUT2D eigenvalue weighted by Gasteiger charge is -2.27. The van der Waals surface area contributed by atoms with Gasteiger partial charge in [0.2, 0.25) is 0 Å².